The van der Waals surface area contributed by atoms with Crippen LogP contribution >= 0.6 is 0 Å². The van der Waals surface area contributed by atoms with Gasteiger partial charge in [0.25, 0.3) is 0 Å². The first kappa shape index (κ1) is 13.4. The van der Waals surface area contributed by atoms with E-state index in [0.29, 0.717) is 5.56 Å². The molecule has 2 rings (SSSR count). The number of hydrogen-bond acceptors (Lipinski definition) is 1. The maximum absolute atomic E-state index is 13.9. The normalized spacial score (nSPS) is 18.1. The summed E-state index contributed by atoms with van der Waals surface area (Å²) in [6, 6.07) is 2.44. The summed E-state index contributed by atoms with van der Waals surface area (Å²) in [5, 5.41) is 3.17. The third-order valence-electron chi connectivity index (χ3n) is 3.52. The maximum Gasteiger partial charge on any atom is 0.162 e. The number of rotatable bonds is 2. The van der Waals surface area contributed by atoms with Crippen LogP contribution in [0.5, 0.6) is 0 Å². The van der Waals surface area contributed by atoms with Gasteiger partial charge in [0.2, 0.25) is 0 Å². The highest BCUT2D eigenvalue weighted by Gasteiger charge is 2.26. The molecule has 100 valence electrons. The van der Waals surface area contributed by atoms with E-state index >= 15 is 0 Å². The molecule has 1 aromatic rings. The Morgan fingerprint density at radius 1 is 1.17 bits per heavy atom. The topological polar surface area (TPSA) is 12.0 Å². The van der Waals surface area contributed by atoms with Crippen molar-refractivity contribution in [1.29, 1.82) is 0 Å². The quantitative estimate of drug-likeness (QED) is 0.853. The lowest BCUT2D eigenvalue weighted by atomic mass is 9.86. The molecule has 0 spiro atoms. The molecule has 1 aromatic carbocycles. The molecule has 18 heavy (non-hydrogen) atoms. The summed E-state index contributed by atoms with van der Waals surface area (Å²) in [7, 11) is 0. The Labute approximate surface area is 105 Å². The van der Waals surface area contributed by atoms with Crippen LogP contribution in [0.3, 0.4) is 0 Å². The fourth-order valence-electron chi connectivity index (χ4n) is 2.38. The predicted molar refractivity (Wildman–Crippen MR) is 65.3 cm³/mol. The maximum atomic E-state index is 13.9. The molecule has 1 aliphatic heterocycles. The fraction of sp³-hybridized carbons (Fsp3) is 0.571. The second kappa shape index (κ2) is 4.92. The van der Waals surface area contributed by atoms with E-state index < -0.39 is 17.3 Å². The van der Waals surface area contributed by atoms with Crippen LogP contribution in [-0.4, -0.2) is 13.1 Å². The summed E-state index contributed by atoms with van der Waals surface area (Å²) in [5.41, 5.74) is -1.14. The van der Waals surface area contributed by atoms with E-state index in [-0.39, 0.29) is 11.5 Å². The van der Waals surface area contributed by atoms with Crippen LogP contribution < -0.4 is 5.32 Å². The minimum Gasteiger partial charge on any atom is -0.317 e. The van der Waals surface area contributed by atoms with E-state index in [1.165, 1.54) is 19.9 Å². The van der Waals surface area contributed by atoms with Crippen molar-refractivity contribution < 1.29 is 13.2 Å². The molecule has 0 bridgehead atoms. The molecule has 0 aromatic heterocycles. The van der Waals surface area contributed by atoms with E-state index in [0.717, 1.165) is 32.0 Å². The molecule has 4 heteroatoms. The Balaban J connectivity index is 2.42. The highest BCUT2D eigenvalue weighted by Crippen LogP contribution is 2.33. The standard InChI is InChI=1S/C14H18F3N/c1-14(2,17)10-7-11(13(16)12(15)8-10)9-3-5-18-6-4-9/h7-9,18H,3-6H2,1-2H3. The molecule has 1 aliphatic rings. The number of halogens is 3. The summed E-state index contributed by atoms with van der Waals surface area (Å²) >= 11 is 0. The molecule has 0 amide bonds. The molecule has 0 aliphatic carbocycles. The van der Waals surface area contributed by atoms with E-state index in [2.05, 4.69) is 5.32 Å². The number of hydrogen-bond donors (Lipinski definition) is 1. The van der Waals surface area contributed by atoms with Gasteiger partial charge in [-0.05, 0) is 69.0 Å². The van der Waals surface area contributed by atoms with Crippen molar-refractivity contribution in [2.45, 2.75) is 38.3 Å². The smallest absolute Gasteiger partial charge is 0.162 e. The molecule has 1 fully saturated rings. The molecule has 0 unspecified atom stereocenters. The number of nitrogens with one attached hydrogen (secondary N) is 1. The largest absolute Gasteiger partial charge is 0.317 e. The van der Waals surface area contributed by atoms with Crippen LogP contribution in [0.1, 0.15) is 43.7 Å². The average Bonchev–Trinajstić information content (AvgIpc) is 2.32. The van der Waals surface area contributed by atoms with Gasteiger partial charge in [0, 0.05) is 0 Å². The second-order valence-corrected chi connectivity index (χ2v) is 5.36. The molecule has 1 heterocycles. The summed E-state index contributed by atoms with van der Waals surface area (Å²) in [6.45, 7) is 4.28. The van der Waals surface area contributed by atoms with Crippen molar-refractivity contribution in [1.82, 2.24) is 5.32 Å². The Morgan fingerprint density at radius 2 is 1.78 bits per heavy atom. The Bertz CT molecular complexity index is 431. The van der Waals surface area contributed by atoms with Gasteiger partial charge in [-0.25, -0.2) is 13.2 Å². The predicted octanol–water partition coefficient (Wildman–Crippen LogP) is 3.64. The zero-order chi connectivity index (χ0) is 13.3. The lowest BCUT2D eigenvalue weighted by molar-refractivity contribution is 0.220. The summed E-state index contributed by atoms with van der Waals surface area (Å²) in [4.78, 5) is 0. The van der Waals surface area contributed by atoms with Crippen LogP contribution in [0.2, 0.25) is 0 Å². The first-order chi connectivity index (χ1) is 8.39. The minimum absolute atomic E-state index is 0.0250. The van der Waals surface area contributed by atoms with Gasteiger partial charge >= 0.3 is 0 Å². The van der Waals surface area contributed by atoms with Crippen LogP contribution in [0.15, 0.2) is 12.1 Å². The van der Waals surface area contributed by atoms with E-state index in [4.69, 9.17) is 0 Å². The van der Waals surface area contributed by atoms with Crippen molar-refractivity contribution in [3.63, 3.8) is 0 Å². The molecule has 0 atom stereocenters. The number of benzene rings is 1. The monoisotopic (exact) mass is 257 g/mol. The van der Waals surface area contributed by atoms with Gasteiger partial charge < -0.3 is 5.32 Å². The zero-order valence-electron chi connectivity index (χ0n) is 10.7. The molecule has 1 N–H and O–H groups in total. The lowest BCUT2D eigenvalue weighted by Crippen LogP contribution is -2.27. The van der Waals surface area contributed by atoms with Crippen LogP contribution in [-0.2, 0) is 5.67 Å². The third-order valence-corrected chi connectivity index (χ3v) is 3.52. The minimum atomic E-state index is -1.66. The van der Waals surface area contributed by atoms with Crippen molar-refractivity contribution in [2.24, 2.45) is 0 Å². The molecule has 1 nitrogen and oxygen atoms in total. The zero-order valence-corrected chi connectivity index (χ0v) is 10.7. The van der Waals surface area contributed by atoms with E-state index in [1.54, 1.807) is 0 Å². The lowest BCUT2D eigenvalue weighted by Gasteiger charge is -2.25. The van der Waals surface area contributed by atoms with Gasteiger partial charge in [-0.2, -0.15) is 0 Å². The number of piperidine rings is 1. The summed E-state index contributed by atoms with van der Waals surface area (Å²) < 4.78 is 41.3. The van der Waals surface area contributed by atoms with Gasteiger partial charge in [0.05, 0.1) is 0 Å². The van der Waals surface area contributed by atoms with Crippen molar-refractivity contribution in [3.8, 4) is 0 Å². The van der Waals surface area contributed by atoms with Crippen molar-refractivity contribution in [2.75, 3.05) is 13.1 Å². The van der Waals surface area contributed by atoms with Crippen molar-refractivity contribution in [3.05, 3.63) is 34.9 Å². The fourth-order valence-corrected chi connectivity index (χ4v) is 2.38. The van der Waals surface area contributed by atoms with Crippen molar-refractivity contribution >= 4 is 0 Å². The second-order valence-electron chi connectivity index (χ2n) is 5.36. The molecule has 1 saturated heterocycles. The first-order valence-electron chi connectivity index (χ1n) is 6.28. The van der Waals surface area contributed by atoms with Gasteiger partial charge in [-0.1, -0.05) is 0 Å². The molecular formula is C14H18F3N. The average molecular weight is 257 g/mol. The SMILES string of the molecule is CC(C)(F)c1cc(F)c(F)c(C2CCNCC2)c1. The van der Waals surface area contributed by atoms with Crippen LogP contribution in [0, 0.1) is 11.6 Å². The third kappa shape index (κ3) is 2.69. The highest BCUT2D eigenvalue weighted by molar-refractivity contribution is 5.32. The summed E-state index contributed by atoms with van der Waals surface area (Å²) in [5.74, 6) is -1.80. The Hall–Kier alpha value is -1.03. The van der Waals surface area contributed by atoms with Gasteiger partial charge in [0.15, 0.2) is 11.6 Å². The number of alkyl halides is 1. The first-order valence-corrected chi connectivity index (χ1v) is 6.28. The molecular weight excluding hydrogens is 239 g/mol. The Kier molecular flexibility index (Phi) is 3.66. The van der Waals surface area contributed by atoms with Gasteiger partial charge in [0.1, 0.15) is 5.67 Å². The highest BCUT2D eigenvalue weighted by atomic mass is 19.2. The van der Waals surface area contributed by atoms with E-state index in [9.17, 15) is 13.2 Å². The Morgan fingerprint density at radius 3 is 2.33 bits per heavy atom. The molecule has 0 radical (unpaired) electrons. The van der Waals surface area contributed by atoms with Gasteiger partial charge in [-0.15, -0.1) is 0 Å². The molecule has 0 saturated carbocycles. The van der Waals surface area contributed by atoms with E-state index in [1.807, 2.05) is 0 Å². The summed E-state index contributed by atoms with van der Waals surface area (Å²) in [6.07, 6.45) is 1.51. The van der Waals surface area contributed by atoms with Gasteiger partial charge in [-0.3, -0.25) is 0 Å². The van der Waals surface area contributed by atoms with Crippen LogP contribution in [0.4, 0.5) is 13.2 Å². The van der Waals surface area contributed by atoms with Crippen LogP contribution in [0.25, 0.3) is 0 Å².